The molecule has 130 valence electrons. The number of urea groups is 1. The number of carbonyl (C=O) groups is 2. The molecule has 0 spiro atoms. The van der Waals surface area contributed by atoms with Crippen molar-refractivity contribution >= 4 is 11.9 Å². The fourth-order valence-corrected chi connectivity index (χ4v) is 3.19. The molecule has 0 bridgehead atoms. The molecule has 0 saturated carbocycles. The van der Waals surface area contributed by atoms with E-state index in [0.717, 1.165) is 42.9 Å². The molecule has 1 aromatic carbocycles. The zero-order valence-electron chi connectivity index (χ0n) is 13.8. The van der Waals surface area contributed by atoms with Crippen LogP contribution >= 0.6 is 0 Å². The molecule has 2 heterocycles. The van der Waals surface area contributed by atoms with Gasteiger partial charge in [0, 0.05) is 19.5 Å². The summed E-state index contributed by atoms with van der Waals surface area (Å²) in [6.45, 7) is 2.35. The van der Waals surface area contributed by atoms with Crippen molar-refractivity contribution in [1.29, 1.82) is 0 Å². The van der Waals surface area contributed by atoms with E-state index in [9.17, 15) is 9.59 Å². The summed E-state index contributed by atoms with van der Waals surface area (Å²) in [5.74, 6) is 1.25. The molecule has 3 amide bonds. The molecule has 2 N–H and O–H groups in total. The Kier molecular flexibility index (Phi) is 5.20. The van der Waals surface area contributed by atoms with Gasteiger partial charge in [-0.15, -0.1) is 0 Å². The number of imide groups is 1. The van der Waals surface area contributed by atoms with Gasteiger partial charge in [-0.25, -0.2) is 4.79 Å². The fourth-order valence-electron chi connectivity index (χ4n) is 3.19. The molecule has 24 heavy (non-hydrogen) atoms. The number of nitrogens with zero attached hydrogens (tertiary/aromatic N) is 1. The Morgan fingerprint density at radius 3 is 2.79 bits per heavy atom. The molecular formula is C17H23N3O4. The normalized spacial score (nSPS) is 20.3. The SMILES string of the molecule is CNC(=O)NC(=O)CN1CCC[C@H]1c1ccc2c(c1)OCCCO2. The molecule has 2 aliphatic rings. The van der Waals surface area contributed by atoms with Gasteiger partial charge in [-0.3, -0.25) is 15.0 Å². The zero-order valence-corrected chi connectivity index (χ0v) is 13.8. The van der Waals surface area contributed by atoms with Gasteiger partial charge in [0.15, 0.2) is 11.5 Å². The maximum atomic E-state index is 12.0. The lowest BCUT2D eigenvalue weighted by Gasteiger charge is -2.24. The van der Waals surface area contributed by atoms with Crippen molar-refractivity contribution in [3.63, 3.8) is 0 Å². The van der Waals surface area contributed by atoms with Crippen LogP contribution in [-0.2, 0) is 4.79 Å². The van der Waals surface area contributed by atoms with Gasteiger partial charge in [-0.2, -0.15) is 0 Å². The van der Waals surface area contributed by atoms with Gasteiger partial charge in [-0.05, 0) is 37.1 Å². The third kappa shape index (κ3) is 3.79. The highest BCUT2D eigenvalue weighted by atomic mass is 16.5. The molecule has 2 aliphatic heterocycles. The van der Waals surface area contributed by atoms with E-state index in [1.54, 1.807) is 0 Å². The molecule has 0 unspecified atom stereocenters. The minimum absolute atomic E-state index is 0.151. The van der Waals surface area contributed by atoms with Crippen LogP contribution in [0.25, 0.3) is 0 Å². The first kappa shape index (κ1) is 16.6. The summed E-state index contributed by atoms with van der Waals surface area (Å²) in [6, 6.07) is 5.66. The summed E-state index contributed by atoms with van der Waals surface area (Å²) in [4.78, 5) is 25.3. The number of rotatable bonds is 3. The molecule has 1 saturated heterocycles. The second-order valence-electron chi connectivity index (χ2n) is 6.01. The topological polar surface area (TPSA) is 79.9 Å². The highest BCUT2D eigenvalue weighted by Gasteiger charge is 2.28. The van der Waals surface area contributed by atoms with E-state index in [1.165, 1.54) is 7.05 Å². The second-order valence-corrected chi connectivity index (χ2v) is 6.01. The molecule has 1 atom stereocenters. The number of hydrogen-bond acceptors (Lipinski definition) is 5. The largest absolute Gasteiger partial charge is 0.490 e. The number of carbonyl (C=O) groups excluding carboxylic acids is 2. The third-order valence-electron chi connectivity index (χ3n) is 4.35. The Hall–Kier alpha value is -2.28. The summed E-state index contributed by atoms with van der Waals surface area (Å²) in [6.07, 6.45) is 2.87. The Morgan fingerprint density at radius 2 is 2.00 bits per heavy atom. The predicted molar refractivity (Wildman–Crippen MR) is 88.2 cm³/mol. The monoisotopic (exact) mass is 333 g/mol. The first-order chi connectivity index (χ1) is 11.7. The minimum atomic E-state index is -0.480. The predicted octanol–water partition coefficient (Wildman–Crippen LogP) is 1.44. The summed E-state index contributed by atoms with van der Waals surface area (Å²) in [7, 11) is 1.49. The van der Waals surface area contributed by atoms with E-state index >= 15 is 0 Å². The quantitative estimate of drug-likeness (QED) is 0.875. The number of nitrogens with one attached hydrogen (secondary N) is 2. The highest BCUT2D eigenvalue weighted by Crippen LogP contribution is 2.37. The van der Waals surface area contributed by atoms with Gasteiger partial charge in [0.25, 0.3) is 0 Å². The number of ether oxygens (including phenoxy) is 2. The smallest absolute Gasteiger partial charge is 0.321 e. The number of likely N-dealkylation sites (tertiary alicyclic amines) is 1. The van der Waals surface area contributed by atoms with E-state index < -0.39 is 6.03 Å². The van der Waals surface area contributed by atoms with Crippen LogP contribution in [0.3, 0.4) is 0 Å². The van der Waals surface area contributed by atoms with Crippen molar-refractivity contribution in [2.24, 2.45) is 0 Å². The van der Waals surface area contributed by atoms with Crippen molar-refractivity contribution in [2.75, 3.05) is 33.4 Å². The van der Waals surface area contributed by atoms with Crippen molar-refractivity contribution in [3.05, 3.63) is 23.8 Å². The fraction of sp³-hybridized carbons (Fsp3) is 0.529. The van der Waals surface area contributed by atoms with Crippen LogP contribution in [0, 0.1) is 0 Å². The Balaban J connectivity index is 1.70. The van der Waals surface area contributed by atoms with Gasteiger partial charge in [0.2, 0.25) is 5.91 Å². The lowest BCUT2D eigenvalue weighted by molar-refractivity contribution is -0.121. The van der Waals surface area contributed by atoms with Gasteiger partial charge in [0.1, 0.15) is 0 Å². The third-order valence-corrected chi connectivity index (χ3v) is 4.35. The molecule has 1 aromatic rings. The maximum Gasteiger partial charge on any atom is 0.321 e. The van der Waals surface area contributed by atoms with Gasteiger partial charge >= 0.3 is 6.03 Å². The standard InChI is InChI=1S/C17H23N3O4/c1-18-17(22)19-16(21)11-20-7-2-4-13(20)12-5-6-14-15(10-12)24-9-3-8-23-14/h5-6,10,13H,2-4,7-9,11H2,1H3,(H2,18,19,21,22)/t13-/m0/s1. The zero-order chi connectivity index (χ0) is 16.9. The highest BCUT2D eigenvalue weighted by molar-refractivity contribution is 5.95. The first-order valence-electron chi connectivity index (χ1n) is 8.32. The van der Waals surface area contributed by atoms with Gasteiger partial charge in [-0.1, -0.05) is 6.07 Å². The second kappa shape index (κ2) is 7.53. The van der Waals surface area contributed by atoms with Crippen molar-refractivity contribution in [2.45, 2.75) is 25.3 Å². The maximum absolute atomic E-state index is 12.0. The molecular weight excluding hydrogens is 310 g/mol. The molecule has 3 rings (SSSR count). The summed E-state index contributed by atoms with van der Waals surface area (Å²) < 4.78 is 11.4. The van der Waals surface area contributed by atoms with Crippen LogP contribution in [0.4, 0.5) is 4.79 Å². The lowest BCUT2D eigenvalue weighted by atomic mass is 10.0. The van der Waals surface area contributed by atoms with E-state index in [1.807, 2.05) is 18.2 Å². The van der Waals surface area contributed by atoms with Gasteiger partial charge < -0.3 is 14.8 Å². The Bertz CT molecular complexity index is 620. The molecule has 0 radical (unpaired) electrons. The molecule has 7 nitrogen and oxygen atoms in total. The number of hydrogen-bond donors (Lipinski definition) is 2. The minimum Gasteiger partial charge on any atom is -0.490 e. The van der Waals surface area contributed by atoms with Crippen LogP contribution in [0.15, 0.2) is 18.2 Å². The van der Waals surface area contributed by atoms with Crippen LogP contribution in [0.2, 0.25) is 0 Å². The first-order valence-corrected chi connectivity index (χ1v) is 8.32. The van der Waals surface area contributed by atoms with Crippen molar-refractivity contribution in [1.82, 2.24) is 15.5 Å². The molecule has 7 heteroatoms. The van der Waals surface area contributed by atoms with E-state index in [2.05, 4.69) is 15.5 Å². The van der Waals surface area contributed by atoms with Crippen molar-refractivity contribution in [3.8, 4) is 11.5 Å². The van der Waals surface area contributed by atoms with E-state index in [-0.39, 0.29) is 18.5 Å². The van der Waals surface area contributed by atoms with Crippen LogP contribution < -0.4 is 20.1 Å². The number of benzene rings is 1. The lowest BCUT2D eigenvalue weighted by Crippen LogP contribution is -2.43. The van der Waals surface area contributed by atoms with Crippen LogP contribution in [-0.4, -0.2) is 50.2 Å². The molecule has 1 fully saturated rings. The van der Waals surface area contributed by atoms with Gasteiger partial charge in [0.05, 0.1) is 19.8 Å². The molecule has 0 aromatic heterocycles. The summed E-state index contributed by atoms with van der Waals surface area (Å²) >= 11 is 0. The van der Waals surface area contributed by atoms with E-state index in [4.69, 9.17) is 9.47 Å². The summed E-state index contributed by atoms with van der Waals surface area (Å²) in [5.41, 5.74) is 1.12. The van der Waals surface area contributed by atoms with E-state index in [0.29, 0.717) is 13.2 Å². The average Bonchev–Trinajstić information content (AvgIpc) is 2.90. The summed E-state index contributed by atoms with van der Waals surface area (Å²) in [5, 5.41) is 4.70. The van der Waals surface area contributed by atoms with Crippen LogP contribution in [0.5, 0.6) is 11.5 Å². The molecule has 0 aliphatic carbocycles. The average molecular weight is 333 g/mol. The van der Waals surface area contributed by atoms with Crippen LogP contribution in [0.1, 0.15) is 30.9 Å². The Labute approximate surface area is 141 Å². The number of amides is 3. The van der Waals surface area contributed by atoms with Crippen molar-refractivity contribution < 1.29 is 19.1 Å². The Morgan fingerprint density at radius 1 is 1.21 bits per heavy atom. The number of fused-ring (bicyclic) bond motifs is 1.